The van der Waals surface area contributed by atoms with Crippen molar-refractivity contribution in [2.75, 3.05) is 36.0 Å². The van der Waals surface area contributed by atoms with Crippen LogP contribution in [0.5, 0.6) is 0 Å². The largest absolute Gasteiger partial charge is 0.383 e. The van der Waals surface area contributed by atoms with Gasteiger partial charge in [-0.25, -0.2) is 4.79 Å². The molecule has 1 aromatic carbocycles. The fraction of sp³-hybridized carbons (Fsp3) is 0.455. The number of thioether (sulfide) groups is 1. The second-order valence-corrected chi connectivity index (χ2v) is 8.80. The van der Waals surface area contributed by atoms with Gasteiger partial charge in [0.25, 0.3) is 5.56 Å². The van der Waals surface area contributed by atoms with Crippen molar-refractivity contribution >= 4 is 45.7 Å². The number of amides is 1. The number of nitrogens with two attached hydrogens (primary N) is 1. The molecule has 1 heterocycles. The van der Waals surface area contributed by atoms with Crippen molar-refractivity contribution in [3.8, 4) is 0 Å². The van der Waals surface area contributed by atoms with E-state index in [0.717, 1.165) is 25.1 Å². The Hall–Kier alpha value is -2.59. The zero-order chi connectivity index (χ0) is 23.7. The predicted octanol–water partition coefficient (Wildman–Crippen LogP) is 2.66. The lowest BCUT2D eigenvalue weighted by molar-refractivity contribution is -0.116. The number of thiocarbonyl (C=S) groups is 1. The fourth-order valence-corrected chi connectivity index (χ4v) is 4.49. The molecule has 1 amide bonds. The number of aromatic nitrogens is 2. The van der Waals surface area contributed by atoms with E-state index >= 15 is 0 Å². The van der Waals surface area contributed by atoms with Crippen molar-refractivity contribution in [2.24, 2.45) is 0 Å². The first kappa shape index (κ1) is 25.7. The third-order valence-corrected chi connectivity index (χ3v) is 6.55. The van der Waals surface area contributed by atoms with Gasteiger partial charge in [0.1, 0.15) is 10.1 Å². The first-order valence-electron chi connectivity index (χ1n) is 10.7. The number of nitrogens with one attached hydrogen (secondary N) is 1. The van der Waals surface area contributed by atoms with Gasteiger partial charge in [-0.2, -0.15) is 0 Å². The van der Waals surface area contributed by atoms with E-state index in [1.165, 1.54) is 21.2 Å². The van der Waals surface area contributed by atoms with Crippen LogP contribution in [0.25, 0.3) is 0 Å². The first-order chi connectivity index (χ1) is 15.3. The van der Waals surface area contributed by atoms with Crippen LogP contribution in [0.3, 0.4) is 0 Å². The van der Waals surface area contributed by atoms with E-state index in [1.807, 2.05) is 56.0 Å². The molecule has 10 heteroatoms. The van der Waals surface area contributed by atoms with Crippen LogP contribution < -0.4 is 21.9 Å². The van der Waals surface area contributed by atoms with Gasteiger partial charge in [0.15, 0.2) is 5.69 Å². The minimum absolute atomic E-state index is 0.00772. The summed E-state index contributed by atoms with van der Waals surface area (Å²) in [5.74, 6) is -0.223. The normalized spacial score (nSPS) is 10.7. The number of carbonyl (C=O) groups is 1. The molecule has 0 spiro atoms. The van der Waals surface area contributed by atoms with Gasteiger partial charge in [0.2, 0.25) is 5.91 Å². The molecule has 3 N–H and O–H groups in total. The Labute approximate surface area is 197 Å². The highest BCUT2D eigenvalue weighted by Crippen LogP contribution is 2.20. The fourth-order valence-electron chi connectivity index (χ4n) is 3.21. The predicted molar refractivity (Wildman–Crippen MR) is 137 cm³/mol. The molecule has 0 aliphatic rings. The second kappa shape index (κ2) is 12.4. The van der Waals surface area contributed by atoms with Crippen molar-refractivity contribution < 1.29 is 4.79 Å². The van der Waals surface area contributed by atoms with Crippen LogP contribution >= 0.6 is 24.0 Å². The molecular weight excluding hydrogens is 446 g/mol. The van der Waals surface area contributed by atoms with Gasteiger partial charge >= 0.3 is 5.69 Å². The standard InChI is InChI=1S/C22H31N5O3S2/c1-4-7-13-26(17(28)15-32-22(31)25(5-2)6-3)18-19(23)27(21(30)24-20(18)29)14-16-11-9-8-10-12-16/h8-12H,4-7,13-15,23H2,1-3H3,(H,24,29,30). The van der Waals surface area contributed by atoms with Gasteiger partial charge in [0.05, 0.1) is 12.3 Å². The smallest absolute Gasteiger partial charge is 0.330 e. The van der Waals surface area contributed by atoms with E-state index in [-0.39, 0.29) is 29.7 Å². The maximum atomic E-state index is 13.1. The van der Waals surface area contributed by atoms with Gasteiger partial charge in [0, 0.05) is 19.6 Å². The summed E-state index contributed by atoms with van der Waals surface area (Å²) in [6.45, 7) is 8.03. The average Bonchev–Trinajstić information content (AvgIpc) is 2.78. The second-order valence-electron chi connectivity index (χ2n) is 7.19. The number of hydrogen-bond acceptors (Lipinski definition) is 6. The Balaban J connectivity index is 2.38. The Morgan fingerprint density at radius 2 is 1.81 bits per heavy atom. The molecular formula is C22H31N5O3S2. The maximum absolute atomic E-state index is 13.1. The van der Waals surface area contributed by atoms with Crippen molar-refractivity contribution in [2.45, 2.75) is 40.2 Å². The molecule has 174 valence electrons. The summed E-state index contributed by atoms with van der Waals surface area (Å²) in [5.41, 5.74) is 5.88. The zero-order valence-electron chi connectivity index (χ0n) is 18.8. The van der Waals surface area contributed by atoms with E-state index in [9.17, 15) is 14.4 Å². The van der Waals surface area contributed by atoms with Crippen molar-refractivity contribution in [3.63, 3.8) is 0 Å². The summed E-state index contributed by atoms with van der Waals surface area (Å²) < 4.78 is 1.92. The molecule has 0 saturated carbocycles. The number of anilines is 2. The summed E-state index contributed by atoms with van der Waals surface area (Å²) >= 11 is 6.69. The van der Waals surface area contributed by atoms with Crippen molar-refractivity contribution in [3.05, 3.63) is 56.7 Å². The van der Waals surface area contributed by atoms with E-state index in [0.29, 0.717) is 17.3 Å². The average molecular weight is 478 g/mol. The lowest BCUT2D eigenvalue weighted by Gasteiger charge is -2.25. The highest BCUT2D eigenvalue weighted by molar-refractivity contribution is 8.23. The summed E-state index contributed by atoms with van der Waals surface area (Å²) in [7, 11) is 0. The quantitative estimate of drug-likeness (QED) is 0.507. The van der Waals surface area contributed by atoms with Crippen LogP contribution in [0, 0.1) is 0 Å². The van der Waals surface area contributed by atoms with Crippen molar-refractivity contribution in [1.82, 2.24) is 14.5 Å². The third kappa shape index (κ3) is 6.46. The first-order valence-corrected chi connectivity index (χ1v) is 12.1. The molecule has 0 radical (unpaired) electrons. The van der Waals surface area contributed by atoms with Crippen molar-refractivity contribution in [1.29, 1.82) is 0 Å². The Morgan fingerprint density at radius 3 is 2.41 bits per heavy atom. The molecule has 8 nitrogen and oxygen atoms in total. The van der Waals surface area contributed by atoms with Crippen LogP contribution in [0.2, 0.25) is 0 Å². The number of H-pyrrole nitrogens is 1. The summed E-state index contributed by atoms with van der Waals surface area (Å²) in [6.07, 6.45) is 1.52. The zero-order valence-corrected chi connectivity index (χ0v) is 20.4. The minimum atomic E-state index is -0.669. The lowest BCUT2D eigenvalue weighted by atomic mass is 10.2. The van der Waals surface area contributed by atoms with Gasteiger partial charge in [-0.1, -0.05) is 67.7 Å². The topological polar surface area (TPSA) is 104 Å². The molecule has 32 heavy (non-hydrogen) atoms. The molecule has 0 fully saturated rings. The monoisotopic (exact) mass is 477 g/mol. The molecule has 0 saturated heterocycles. The van der Waals surface area contributed by atoms with Gasteiger partial charge in [-0.3, -0.25) is 19.1 Å². The SMILES string of the molecule is CCCCN(C(=O)CSC(=S)N(CC)CC)c1c(N)n(Cc2ccccc2)c(=O)[nH]c1=O. The molecule has 0 aliphatic heterocycles. The van der Waals surface area contributed by atoms with E-state index in [1.54, 1.807) is 0 Å². The molecule has 0 unspecified atom stereocenters. The molecule has 0 atom stereocenters. The Morgan fingerprint density at radius 1 is 1.16 bits per heavy atom. The van der Waals surface area contributed by atoms with Crippen LogP contribution in [-0.4, -0.2) is 50.1 Å². The van der Waals surface area contributed by atoms with Crippen LogP contribution in [-0.2, 0) is 11.3 Å². The summed E-state index contributed by atoms with van der Waals surface area (Å²) in [5, 5.41) is 0. The molecule has 0 bridgehead atoms. The molecule has 2 rings (SSSR count). The van der Waals surface area contributed by atoms with Gasteiger partial charge < -0.3 is 15.5 Å². The highest BCUT2D eigenvalue weighted by Gasteiger charge is 2.24. The third-order valence-electron chi connectivity index (χ3n) is 5.04. The Bertz CT molecular complexity index is 1030. The van der Waals surface area contributed by atoms with Gasteiger partial charge in [-0.15, -0.1) is 0 Å². The van der Waals surface area contributed by atoms with Crippen LogP contribution in [0.4, 0.5) is 11.5 Å². The maximum Gasteiger partial charge on any atom is 0.330 e. The summed E-state index contributed by atoms with van der Waals surface area (Å²) in [4.78, 5) is 44.0. The molecule has 0 aliphatic carbocycles. The number of nitrogen functional groups attached to an aromatic ring is 1. The number of nitrogens with zero attached hydrogens (tertiary/aromatic N) is 3. The number of benzene rings is 1. The number of carbonyl (C=O) groups excluding carboxylic acids is 1. The number of aromatic amines is 1. The van der Waals surface area contributed by atoms with Crippen LogP contribution in [0.15, 0.2) is 39.9 Å². The summed E-state index contributed by atoms with van der Waals surface area (Å²) in [6, 6.07) is 9.31. The number of unbranched alkanes of at least 4 members (excludes halogenated alkanes) is 1. The Kier molecular flexibility index (Phi) is 9.98. The molecule has 1 aromatic heterocycles. The van der Waals surface area contributed by atoms with Gasteiger partial charge in [-0.05, 0) is 25.8 Å². The lowest BCUT2D eigenvalue weighted by Crippen LogP contribution is -2.42. The minimum Gasteiger partial charge on any atom is -0.383 e. The molecule has 2 aromatic rings. The van der Waals surface area contributed by atoms with E-state index in [4.69, 9.17) is 18.0 Å². The van der Waals surface area contributed by atoms with E-state index < -0.39 is 11.2 Å². The number of rotatable bonds is 10. The highest BCUT2D eigenvalue weighted by atomic mass is 32.2. The van der Waals surface area contributed by atoms with Crippen LogP contribution in [0.1, 0.15) is 39.2 Å². The number of hydrogen-bond donors (Lipinski definition) is 2. The van der Waals surface area contributed by atoms with E-state index in [2.05, 4.69) is 4.98 Å².